The number of hydrogen-bond donors (Lipinski definition) is 3. The highest BCUT2D eigenvalue weighted by Gasteiger charge is 2.53. The quantitative estimate of drug-likeness (QED) is 0.511. The third-order valence-corrected chi connectivity index (χ3v) is 8.83. The van der Waals surface area contributed by atoms with Crippen molar-refractivity contribution >= 4 is 34.9 Å². The number of nitrogens with one attached hydrogen (secondary N) is 1. The number of ether oxygens (including phenoxy) is 1. The Hall–Kier alpha value is -1.94. The first-order valence-corrected chi connectivity index (χ1v) is 13.5. The maximum absolute atomic E-state index is 13.2. The standard InChI is InChI=1S/C27H40N2O6S/c1-14(10-18-13-36-17(4)28-18)19-11-22-27(7,35-22)9-8-20(30)15(2)24(33)16(3)25(34)26(5,6)21(31)12-23(32)29-19/h10,13,15-16,19,21-22,24,31,33H,8-9,11-12H2,1-7H3,(H,29,32)/b14-10+/t15-,16+,19-,21-,22?,24-,27+/m0/s1. The number of aryl methyl sites for hydroxylation is 1. The first-order valence-electron chi connectivity index (χ1n) is 12.7. The van der Waals surface area contributed by atoms with Crippen LogP contribution in [0.25, 0.3) is 6.08 Å². The lowest BCUT2D eigenvalue weighted by Crippen LogP contribution is -2.48. The van der Waals surface area contributed by atoms with Crippen molar-refractivity contribution in [3.05, 3.63) is 21.7 Å². The Morgan fingerprint density at radius 1 is 1.19 bits per heavy atom. The largest absolute Gasteiger partial charge is 0.392 e. The number of aliphatic hydroxyl groups excluding tert-OH is 2. The zero-order valence-corrected chi connectivity index (χ0v) is 23.1. The summed E-state index contributed by atoms with van der Waals surface area (Å²) in [7, 11) is 0. The number of nitrogens with zero attached hydrogens (tertiary/aromatic N) is 1. The number of Topliss-reactive ketones (excluding diaryl/α,β-unsaturated/α-hetero) is 2. The predicted molar refractivity (Wildman–Crippen MR) is 138 cm³/mol. The summed E-state index contributed by atoms with van der Waals surface area (Å²) in [5, 5.41) is 27.6. The van der Waals surface area contributed by atoms with Crippen molar-refractivity contribution in [3.8, 4) is 0 Å². The third-order valence-electron chi connectivity index (χ3n) is 8.04. The molecule has 0 spiro atoms. The number of aliphatic hydroxyl groups is 2. The summed E-state index contributed by atoms with van der Waals surface area (Å²) in [6, 6.07) is -0.361. The molecule has 0 aliphatic carbocycles. The minimum atomic E-state index is -1.28. The van der Waals surface area contributed by atoms with E-state index in [-0.39, 0.29) is 42.5 Å². The Kier molecular flexibility index (Phi) is 8.60. The second-order valence-corrected chi connectivity index (χ2v) is 12.4. The highest BCUT2D eigenvalue weighted by atomic mass is 32.1. The van der Waals surface area contributed by atoms with Crippen molar-refractivity contribution < 1.29 is 29.3 Å². The van der Waals surface area contributed by atoms with Crippen molar-refractivity contribution in [2.45, 2.75) is 104 Å². The number of carbonyl (C=O) groups is 3. The average Bonchev–Trinajstić information content (AvgIpc) is 3.26. The van der Waals surface area contributed by atoms with Gasteiger partial charge in [-0.1, -0.05) is 27.7 Å². The van der Waals surface area contributed by atoms with Crippen LogP contribution in [0.3, 0.4) is 0 Å². The predicted octanol–water partition coefficient (Wildman–Crippen LogP) is 3.23. The minimum Gasteiger partial charge on any atom is -0.392 e. The maximum Gasteiger partial charge on any atom is 0.223 e. The van der Waals surface area contributed by atoms with E-state index in [9.17, 15) is 24.6 Å². The Morgan fingerprint density at radius 2 is 1.86 bits per heavy atom. The fourth-order valence-corrected chi connectivity index (χ4v) is 5.54. The van der Waals surface area contributed by atoms with Crippen LogP contribution in [0.2, 0.25) is 0 Å². The van der Waals surface area contributed by atoms with Gasteiger partial charge < -0.3 is 20.3 Å². The van der Waals surface area contributed by atoms with Crippen LogP contribution >= 0.6 is 11.3 Å². The monoisotopic (exact) mass is 520 g/mol. The average molecular weight is 521 g/mol. The first kappa shape index (κ1) is 28.6. The van der Waals surface area contributed by atoms with Gasteiger partial charge in [0.1, 0.15) is 11.6 Å². The molecule has 1 aromatic heterocycles. The molecule has 2 aliphatic rings. The molecule has 3 N–H and O–H groups in total. The molecule has 1 unspecified atom stereocenters. The number of hydrogen-bond acceptors (Lipinski definition) is 8. The molecule has 0 radical (unpaired) electrons. The molecule has 8 nitrogen and oxygen atoms in total. The van der Waals surface area contributed by atoms with Crippen LogP contribution in [0.5, 0.6) is 0 Å². The highest BCUT2D eigenvalue weighted by molar-refractivity contribution is 7.09. The lowest BCUT2D eigenvalue weighted by atomic mass is 9.72. The van der Waals surface area contributed by atoms with E-state index >= 15 is 0 Å². The molecule has 0 aromatic carbocycles. The van der Waals surface area contributed by atoms with Crippen molar-refractivity contribution in [2.24, 2.45) is 17.3 Å². The molecule has 3 rings (SSSR count). The van der Waals surface area contributed by atoms with Crippen molar-refractivity contribution in [1.29, 1.82) is 0 Å². The van der Waals surface area contributed by atoms with E-state index in [1.807, 2.05) is 32.2 Å². The summed E-state index contributed by atoms with van der Waals surface area (Å²) in [5.41, 5.74) is -0.0663. The molecule has 2 aliphatic heterocycles. The zero-order chi connectivity index (χ0) is 27.0. The normalized spacial score (nSPS) is 36.8. The van der Waals surface area contributed by atoms with Gasteiger partial charge in [-0.15, -0.1) is 11.3 Å². The maximum atomic E-state index is 13.2. The number of rotatable bonds is 2. The van der Waals surface area contributed by atoms with E-state index in [1.165, 1.54) is 0 Å². The molecule has 1 amide bonds. The van der Waals surface area contributed by atoms with Crippen LogP contribution in [0, 0.1) is 24.2 Å². The van der Waals surface area contributed by atoms with Gasteiger partial charge in [-0.2, -0.15) is 0 Å². The van der Waals surface area contributed by atoms with Gasteiger partial charge in [0, 0.05) is 30.1 Å². The summed E-state index contributed by atoms with van der Waals surface area (Å²) < 4.78 is 5.99. The fraction of sp³-hybridized carbons (Fsp3) is 0.704. The van der Waals surface area contributed by atoms with Crippen LogP contribution in [0.1, 0.15) is 77.9 Å². The molecule has 9 heteroatoms. The van der Waals surface area contributed by atoms with Crippen LogP contribution in [-0.4, -0.2) is 62.6 Å². The summed E-state index contributed by atoms with van der Waals surface area (Å²) in [5.74, 6) is -2.48. The van der Waals surface area contributed by atoms with Gasteiger partial charge >= 0.3 is 0 Å². The van der Waals surface area contributed by atoms with E-state index in [2.05, 4.69) is 10.3 Å². The number of thiazole rings is 1. The fourth-order valence-electron chi connectivity index (χ4n) is 4.97. The molecule has 1 aromatic rings. The second-order valence-electron chi connectivity index (χ2n) is 11.3. The second kappa shape index (κ2) is 10.8. The topological polar surface area (TPSA) is 129 Å². The lowest BCUT2D eigenvalue weighted by Gasteiger charge is -2.34. The molecular formula is C27H40N2O6S. The zero-order valence-electron chi connectivity index (χ0n) is 22.3. The van der Waals surface area contributed by atoms with E-state index < -0.39 is 35.1 Å². The smallest absolute Gasteiger partial charge is 0.223 e. The molecule has 2 fully saturated rings. The van der Waals surface area contributed by atoms with Crippen LogP contribution in [0.15, 0.2) is 11.0 Å². The van der Waals surface area contributed by atoms with Crippen LogP contribution in [0.4, 0.5) is 0 Å². The number of amides is 1. The van der Waals surface area contributed by atoms with Gasteiger partial charge in [0.25, 0.3) is 0 Å². The summed E-state index contributed by atoms with van der Waals surface area (Å²) in [4.78, 5) is 43.6. The van der Waals surface area contributed by atoms with E-state index in [0.717, 1.165) is 16.3 Å². The number of carbonyl (C=O) groups excluding carboxylic acids is 3. The van der Waals surface area contributed by atoms with Crippen molar-refractivity contribution in [1.82, 2.24) is 10.3 Å². The number of epoxide rings is 1. The summed E-state index contributed by atoms with van der Waals surface area (Å²) in [6.45, 7) is 12.2. The molecule has 0 saturated carbocycles. The Morgan fingerprint density at radius 3 is 2.47 bits per heavy atom. The van der Waals surface area contributed by atoms with E-state index in [4.69, 9.17) is 4.74 Å². The van der Waals surface area contributed by atoms with Crippen LogP contribution < -0.4 is 5.32 Å². The van der Waals surface area contributed by atoms with Gasteiger partial charge in [0.05, 0.1) is 52.5 Å². The van der Waals surface area contributed by atoms with Crippen molar-refractivity contribution in [3.63, 3.8) is 0 Å². The molecule has 3 heterocycles. The SMILES string of the molecule is C/C(=C\c1csc(C)n1)[C@@H]1CC2O[C@]2(C)CCC(=O)[C@H](C)[C@H](O)[C@@H](C)C(=O)C(C)(C)[C@@H](O)CC(=O)N1. The molecule has 7 atom stereocenters. The van der Waals surface area contributed by atoms with Gasteiger partial charge in [0.2, 0.25) is 5.91 Å². The summed E-state index contributed by atoms with van der Waals surface area (Å²) >= 11 is 1.55. The lowest BCUT2D eigenvalue weighted by molar-refractivity contribution is -0.144. The van der Waals surface area contributed by atoms with Crippen molar-refractivity contribution in [2.75, 3.05) is 0 Å². The first-order chi connectivity index (χ1) is 16.7. The Balaban J connectivity index is 1.89. The van der Waals surface area contributed by atoms with Gasteiger partial charge in [-0.25, -0.2) is 4.98 Å². The van der Waals surface area contributed by atoms with E-state index in [1.54, 1.807) is 39.0 Å². The van der Waals surface area contributed by atoms with Gasteiger partial charge in [-0.3, -0.25) is 14.4 Å². The van der Waals surface area contributed by atoms with E-state index in [0.29, 0.717) is 12.8 Å². The van der Waals surface area contributed by atoms with Crippen LogP contribution in [-0.2, 0) is 19.1 Å². The molecule has 2 saturated heterocycles. The highest BCUT2D eigenvalue weighted by Crippen LogP contribution is 2.44. The molecule has 200 valence electrons. The molecule has 36 heavy (non-hydrogen) atoms. The van der Waals surface area contributed by atoms with Gasteiger partial charge in [-0.05, 0) is 38.8 Å². The number of ketones is 2. The third kappa shape index (κ3) is 6.30. The molecule has 0 bridgehead atoms. The number of aromatic nitrogens is 1. The molecular weight excluding hydrogens is 480 g/mol. The Bertz CT molecular complexity index is 1030. The number of fused-ring (bicyclic) bond motifs is 1. The Labute approximate surface area is 217 Å². The van der Waals surface area contributed by atoms with Gasteiger partial charge in [0.15, 0.2) is 0 Å². The summed E-state index contributed by atoms with van der Waals surface area (Å²) in [6.07, 6.45) is 0.321. The minimum absolute atomic E-state index is 0.122.